The van der Waals surface area contributed by atoms with Crippen LogP contribution in [-0.4, -0.2) is 41.4 Å². The Kier molecular flexibility index (Phi) is 31.7. The lowest BCUT2D eigenvalue weighted by Gasteiger charge is -2.32. The summed E-state index contributed by atoms with van der Waals surface area (Å²) < 4.78 is 0. The Balaban J connectivity index is 3.78. The molecule has 0 aromatic heterocycles. The lowest BCUT2D eigenvalue weighted by Crippen LogP contribution is -2.52. The molecular formula is C40H79NO3. The Morgan fingerprint density at radius 1 is 0.432 bits per heavy atom. The lowest BCUT2D eigenvalue weighted by atomic mass is 9.93. The zero-order valence-corrected chi connectivity index (χ0v) is 30.5. The van der Waals surface area contributed by atoms with Crippen molar-refractivity contribution in [2.45, 2.75) is 231 Å². The molecule has 0 spiro atoms. The van der Waals surface area contributed by atoms with E-state index in [1.54, 1.807) is 19.0 Å². The van der Waals surface area contributed by atoms with Crippen LogP contribution < -0.4 is 0 Å². The number of Topliss-reactive ketones (excluding diaryl/α,β-unsaturated/α-hetero) is 2. The number of hydrogen-bond acceptors (Lipinski definition) is 4. The highest BCUT2D eigenvalue weighted by Gasteiger charge is 2.39. The molecule has 0 bridgehead atoms. The Bertz CT molecular complexity index is 634. The highest BCUT2D eigenvalue weighted by molar-refractivity contribution is 5.92. The minimum absolute atomic E-state index is 0.0146. The maximum Gasteiger partial charge on any atom is 0.184 e. The van der Waals surface area contributed by atoms with Crippen LogP contribution in [0.15, 0.2) is 0 Å². The fourth-order valence-electron chi connectivity index (χ4n) is 6.42. The van der Waals surface area contributed by atoms with Gasteiger partial charge in [0.25, 0.3) is 0 Å². The molecule has 1 unspecified atom stereocenters. The van der Waals surface area contributed by atoms with E-state index >= 15 is 0 Å². The lowest BCUT2D eigenvalue weighted by molar-refractivity contribution is -0.161. The summed E-state index contributed by atoms with van der Waals surface area (Å²) in [5, 5.41) is 11.1. The summed E-state index contributed by atoms with van der Waals surface area (Å²) in [6, 6.07) is 0. The van der Waals surface area contributed by atoms with Crippen molar-refractivity contribution >= 4 is 11.6 Å². The van der Waals surface area contributed by atoms with Gasteiger partial charge in [0.05, 0.1) is 6.42 Å². The van der Waals surface area contributed by atoms with E-state index < -0.39 is 5.72 Å². The maximum atomic E-state index is 12.9. The third-order valence-electron chi connectivity index (χ3n) is 9.70. The van der Waals surface area contributed by atoms with E-state index in [4.69, 9.17) is 0 Å². The van der Waals surface area contributed by atoms with E-state index in [9.17, 15) is 14.7 Å². The van der Waals surface area contributed by atoms with Crippen LogP contribution in [0.25, 0.3) is 0 Å². The second-order valence-electron chi connectivity index (χ2n) is 14.2. The van der Waals surface area contributed by atoms with Gasteiger partial charge in [0, 0.05) is 12.8 Å². The fourth-order valence-corrected chi connectivity index (χ4v) is 6.42. The Morgan fingerprint density at radius 2 is 0.682 bits per heavy atom. The molecule has 0 aliphatic heterocycles. The molecule has 262 valence electrons. The molecule has 44 heavy (non-hydrogen) atoms. The third kappa shape index (κ3) is 26.5. The Labute approximate surface area is 276 Å². The summed E-state index contributed by atoms with van der Waals surface area (Å²) in [6.45, 7) is 4.55. The number of ketones is 2. The molecule has 0 fully saturated rings. The van der Waals surface area contributed by atoms with Gasteiger partial charge in [-0.05, 0) is 26.9 Å². The molecule has 0 aliphatic carbocycles. The van der Waals surface area contributed by atoms with Gasteiger partial charge in [-0.25, -0.2) is 0 Å². The van der Waals surface area contributed by atoms with Gasteiger partial charge in [-0.2, -0.15) is 0 Å². The monoisotopic (exact) mass is 622 g/mol. The SMILES string of the molecule is CCCCCCCCCCCCCCCCCC(=O)CC(O)(C(=O)CCCCCCCCCCCCCCCCC)N(C)C. The van der Waals surface area contributed by atoms with E-state index in [0.29, 0.717) is 12.8 Å². The van der Waals surface area contributed by atoms with Crippen molar-refractivity contribution in [3.63, 3.8) is 0 Å². The van der Waals surface area contributed by atoms with Gasteiger partial charge in [0.2, 0.25) is 0 Å². The number of likely N-dealkylation sites (N-methyl/N-ethyl adjacent to an activating group) is 1. The van der Waals surface area contributed by atoms with Crippen LogP contribution in [0, 0.1) is 0 Å². The smallest absolute Gasteiger partial charge is 0.184 e. The minimum Gasteiger partial charge on any atom is -0.368 e. The van der Waals surface area contributed by atoms with Crippen molar-refractivity contribution in [1.29, 1.82) is 0 Å². The zero-order chi connectivity index (χ0) is 32.6. The number of nitrogens with zero attached hydrogens (tertiary/aromatic N) is 1. The third-order valence-corrected chi connectivity index (χ3v) is 9.70. The summed E-state index contributed by atoms with van der Waals surface area (Å²) >= 11 is 0. The van der Waals surface area contributed by atoms with E-state index in [-0.39, 0.29) is 18.0 Å². The van der Waals surface area contributed by atoms with Crippen molar-refractivity contribution in [2.24, 2.45) is 0 Å². The predicted molar refractivity (Wildman–Crippen MR) is 192 cm³/mol. The van der Waals surface area contributed by atoms with Crippen LogP contribution in [0.2, 0.25) is 0 Å². The molecule has 0 rings (SSSR count). The fraction of sp³-hybridized carbons (Fsp3) is 0.950. The van der Waals surface area contributed by atoms with Crippen molar-refractivity contribution in [1.82, 2.24) is 4.90 Å². The largest absolute Gasteiger partial charge is 0.368 e. The van der Waals surface area contributed by atoms with Gasteiger partial charge in [0.1, 0.15) is 5.78 Å². The molecule has 0 aromatic rings. The molecule has 0 heterocycles. The maximum absolute atomic E-state index is 12.9. The summed E-state index contributed by atoms with van der Waals surface area (Å²) in [7, 11) is 3.43. The molecule has 0 amide bonds. The first-order valence-corrected chi connectivity index (χ1v) is 19.8. The van der Waals surface area contributed by atoms with Crippen LogP contribution in [0.3, 0.4) is 0 Å². The number of carbonyl (C=O) groups excluding carboxylic acids is 2. The van der Waals surface area contributed by atoms with E-state index in [1.807, 2.05) is 0 Å². The summed E-state index contributed by atoms with van der Waals surface area (Å²) in [6.07, 6.45) is 39.6. The topological polar surface area (TPSA) is 57.6 Å². The zero-order valence-electron chi connectivity index (χ0n) is 30.5. The van der Waals surface area contributed by atoms with Gasteiger partial charge in [-0.3, -0.25) is 14.5 Å². The van der Waals surface area contributed by atoms with Gasteiger partial charge >= 0.3 is 0 Å². The minimum atomic E-state index is -1.65. The van der Waals surface area contributed by atoms with Crippen molar-refractivity contribution in [2.75, 3.05) is 14.1 Å². The van der Waals surface area contributed by atoms with E-state index in [1.165, 1.54) is 161 Å². The van der Waals surface area contributed by atoms with Crippen LogP contribution >= 0.6 is 0 Å². The number of unbranched alkanes of at least 4 members (excludes halogenated alkanes) is 28. The molecule has 0 aromatic carbocycles. The van der Waals surface area contributed by atoms with Crippen molar-refractivity contribution < 1.29 is 14.7 Å². The van der Waals surface area contributed by atoms with Crippen LogP contribution in [0.1, 0.15) is 226 Å². The Morgan fingerprint density at radius 3 is 0.955 bits per heavy atom. The van der Waals surface area contributed by atoms with Crippen molar-refractivity contribution in [3.05, 3.63) is 0 Å². The molecular weight excluding hydrogens is 542 g/mol. The molecule has 1 atom stereocenters. The molecule has 4 nitrogen and oxygen atoms in total. The van der Waals surface area contributed by atoms with E-state index in [2.05, 4.69) is 13.8 Å². The van der Waals surface area contributed by atoms with Crippen LogP contribution in [0.5, 0.6) is 0 Å². The molecule has 0 radical (unpaired) electrons. The summed E-state index contributed by atoms with van der Waals surface area (Å²) in [5.41, 5.74) is -1.65. The van der Waals surface area contributed by atoms with Gasteiger partial charge in [-0.1, -0.05) is 194 Å². The second kappa shape index (κ2) is 32.2. The number of rotatable bonds is 36. The van der Waals surface area contributed by atoms with Crippen LogP contribution in [0.4, 0.5) is 0 Å². The first-order chi connectivity index (χ1) is 21.4. The molecule has 4 heteroatoms. The Hall–Kier alpha value is -0.740. The van der Waals surface area contributed by atoms with Crippen molar-refractivity contribution in [3.8, 4) is 0 Å². The highest BCUT2D eigenvalue weighted by Crippen LogP contribution is 2.22. The summed E-state index contributed by atoms with van der Waals surface area (Å²) in [4.78, 5) is 27.2. The quantitative estimate of drug-likeness (QED) is 0.0558. The standard InChI is InChI=1S/C40H79NO3/c1-5-7-9-11-13-15-17-19-21-23-25-27-29-31-33-35-38(42)37-40(44,41(3)4)39(43)36-34-32-30-28-26-24-22-20-18-16-14-12-10-8-6-2/h44H,5-37H2,1-4H3. The first kappa shape index (κ1) is 43.3. The second-order valence-corrected chi connectivity index (χ2v) is 14.2. The highest BCUT2D eigenvalue weighted by atomic mass is 16.3. The first-order valence-electron chi connectivity index (χ1n) is 19.8. The van der Waals surface area contributed by atoms with Gasteiger partial charge in [-0.15, -0.1) is 0 Å². The number of hydrogen-bond donors (Lipinski definition) is 1. The summed E-state index contributed by atoms with van der Waals surface area (Å²) in [5.74, 6) is -0.178. The molecule has 0 saturated heterocycles. The normalized spacial score (nSPS) is 13.0. The van der Waals surface area contributed by atoms with Gasteiger partial charge in [0.15, 0.2) is 11.5 Å². The molecule has 1 N–H and O–H groups in total. The predicted octanol–water partition coefficient (Wildman–Crippen LogP) is 12.3. The average molecular weight is 622 g/mol. The molecule has 0 aliphatic rings. The van der Waals surface area contributed by atoms with Gasteiger partial charge < -0.3 is 5.11 Å². The number of aliphatic hydroxyl groups is 1. The molecule has 0 saturated carbocycles. The average Bonchev–Trinajstić information content (AvgIpc) is 3.00. The van der Waals surface area contributed by atoms with Crippen LogP contribution in [-0.2, 0) is 9.59 Å². The number of carbonyl (C=O) groups is 2. The van der Waals surface area contributed by atoms with E-state index in [0.717, 1.165) is 32.1 Å².